The van der Waals surface area contributed by atoms with Crippen LogP contribution in [0.15, 0.2) is 110 Å². The second kappa shape index (κ2) is 10.5. The Kier molecular flexibility index (Phi) is 6.42. The number of nitrogens with zero attached hydrogens (tertiary/aromatic N) is 8. The fourth-order valence-corrected chi connectivity index (χ4v) is 6.83. The van der Waals surface area contributed by atoms with Crippen molar-refractivity contribution in [3.63, 3.8) is 0 Å². The third-order valence-corrected chi connectivity index (χ3v) is 8.68. The van der Waals surface area contributed by atoms with Gasteiger partial charge < -0.3 is 0 Å². The molecule has 0 unspecified atom stereocenters. The van der Waals surface area contributed by atoms with Gasteiger partial charge in [-0.05, 0) is 22.3 Å². The van der Waals surface area contributed by atoms with Gasteiger partial charge in [-0.3, -0.25) is 0 Å². The molecule has 0 amide bonds. The van der Waals surface area contributed by atoms with Gasteiger partial charge in [0.2, 0.25) is 0 Å². The molecule has 0 atom stereocenters. The third kappa shape index (κ3) is 3.85. The molecule has 0 fully saturated rings. The van der Waals surface area contributed by atoms with Crippen molar-refractivity contribution in [2.24, 2.45) is 0 Å². The fourth-order valence-electron chi connectivity index (χ4n) is 6.83. The van der Waals surface area contributed by atoms with E-state index in [1.165, 1.54) is 22.3 Å². The van der Waals surface area contributed by atoms with Crippen LogP contribution in [0.4, 0.5) is 34.6 Å². The molecule has 9 rings (SSSR count). The number of hydrogen-bond donors (Lipinski definition) is 0. The van der Waals surface area contributed by atoms with Crippen molar-refractivity contribution in [3.05, 3.63) is 144 Å². The molecule has 6 aromatic rings. The summed E-state index contributed by atoms with van der Waals surface area (Å²) in [5.41, 5.74) is 7.63. The van der Waals surface area contributed by atoms with Crippen LogP contribution in [0.3, 0.4) is 0 Å². The van der Waals surface area contributed by atoms with Crippen molar-refractivity contribution in [2.75, 3.05) is 14.1 Å². The van der Waals surface area contributed by atoms with Gasteiger partial charge in [0.15, 0.2) is 12.4 Å². The molecule has 9 heteroatoms. The van der Waals surface area contributed by atoms with Gasteiger partial charge in [0.05, 0.1) is 23.8 Å². The Morgan fingerprint density at radius 3 is 1.39 bits per heavy atom. The maximum absolute atomic E-state index is 4.63. The number of rotatable bonds is 4. The first-order chi connectivity index (χ1) is 22.1. The molecule has 1 aliphatic carbocycles. The van der Waals surface area contributed by atoms with Crippen LogP contribution >= 0.6 is 0 Å². The summed E-state index contributed by atoms with van der Waals surface area (Å²) in [4.78, 5) is 18.3. The van der Waals surface area contributed by atoms with Crippen molar-refractivity contribution in [2.45, 2.75) is 5.41 Å². The number of fused-ring (bicyclic) bond motifs is 5. The van der Waals surface area contributed by atoms with Crippen LogP contribution in [-0.4, -0.2) is 55.2 Å². The Labute approximate surface area is 279 Å². The van der Waals surface area contributed by atoms with Gasteiger partial charge in [-0.25, -0.2) is 0 Å². The van der Waals surface area contributed by atoms with E-state index in [1.54, 1.807) is 24.8 Å². The zero-order valence-electron chi connectivity index (χ0n) is 24.8. The van der Waals surface area contributed by atoms with Crippen LogP contribution in [0, 0.1) is 12.1 Å². The zero-order valence-corrected chi connectivity index (χ0v) is 27.1. The molecule has 0 bridgehead atoms. The average Bonchev–Trinajstić information content (AvgIpc) is 3.73. The summed E-state index contributed by atoms with van der Waals surface area (Å²) >= 11 is 0. The molecular formula is C37H24N8Pt+4. The molecule has 3 aliphatic rings. The summed E-state index contributed by atoms with van der Waals surface area (Å²) in [6.45, 7) is 0. The van der Waals surface area contributed by atoms with E-state index in [-0.39, 0.29) is 21.1 Å². The number of benzene rings is 4. The van der Waals surface area contributed by atoms with Crippen LogP contribution in [0.2, 0.25) is 0 Å². The fraction of sp³-hybridized carbons (Fsp3) is 0.0811. The van der Waals surface area contributed by atoms with Gasteiger partial charge in [-0.15, -0.1) is 49.1 Å². The molecule has 0 N–H and O–H groups in total. The minimum absolute atomic E-state index is 0. The molecule has 2 aromatic heterocycles. The van der Waals surface area contributed by atoms with Crippen LogP contribution in [-0.2, 0) is 26.5 Å². The van der Waals surface area contributed by atoms with E-state index in [2.05, 4.69) is 117 Å². The molecule has 46 heavy (non-hydrogen) atoms. The SMILES string of the molecule is C[N+]1=C=[N+](c2[c-]c(C3(c4[c-]c([N+]5=C=[N+](C)c6nccnc65)ccc4)c4ccccc4-c4ccccc43)ccc2)c2nccnc21.[Pt+2]. The summed E-state index contributed by atoms with van der Waals surface area (Å²) in [6, 6.07) is 44.2. The predicted octanol–water partition coefficient (Wildman–Crippen LogP) is 5.82. The largest absolute Gasteiger partial charge is 2.00 e. The van der Waals surface area contributed by atoms with Crippen molar-refractivity contribution >= 4 is 46.7 Å². The quantitative estimate of drug-likeness (QED) is 0.167. The Morgan fingerprint density at radius 2 is 0.935 bits per heavy atom. The first kappa shape index (κ1) is 28.0. The first-order valence-electron chi connectivity index (χ1n) is 14.6. The van der Waals surface area contributed by atoms with Crippen molar-refractivity contribution < 1.29 is 30.2 Å². The standard InChI is InChI=1S/C37H24N8.Pt/c1-42-23-44(35-33(42)38-17-19-40-35)27-11-7-9-25(21-27)37(31-15-5-3-13-29(31)30-14-4-6-16-32(30)37)26-10-8-12-28(22-26)45-24-43(2)34-36(45)41-20-18-39-34;/h3-20H,1-2H3;/q2*+2. The topological polar surface area (TPSA) is 63.6 Å². The first-order valence-corrected chi connectivity index (χ1v) is 14.6. The number of hydrogen-bond acceptors (Lipinski definition) is 4. The van der Waals surface area contributed by atoms with E-state index in [4.69, 9.17) is 0 Å². The minimum atomic E-state index is -0.715. The monoisotopic (exact) mass is 775 g/mol. The maximum atomic E-state index is 4.63. The Bertz CT molecular complexity index is 2230. The summed E-state index contributed by atoms with van der Waals surface area (Å²) in [7, 11) is 3.85. The Morgan fingerprint density at radius 1 is 0.522 bits per heavy atom. The molecule has 0 radical (unpaired) electrons. The van der Waals surface area contributed by atoms with E-state index in [1.807, 2.05) is 44.5 Å². The van der Waals surface area contributed by atoms with Crippen LogP contribution in [0.1, 0.15) is 22.3 Å². The van der Waals surface area contributed by atoms with Crippen molar-refractivity contribution in [3.8, 4) is 11.1 Å². The summed E-state index contributed by atoms with van der Waals surface area (Å²) in [6.07, 6.45) is 6.80. The van der Waals surface area contributed by atoms with Gasteiger partial charge >= 0.3 is 56.4 Å². The van der Waals surface area contributed by atoms with Gasteiger partial charge in [0, 0.05) is 15.4 Å². The van der Waals surface area contributed by atoms with Crippen LogP contribution < -0.4 is 9.15 Å². The second-order valence-electron chi connectivity index (χ2n) is 11.1. The molecule has 0 saturated carbocycles. The summed E-state index contributed by atoms with van der Waals surface area (Å²) in [5.74, 6) is 2.92. The van der Waals surface area contributed by atoms with E-state index in [0.29, 0.717) is 11.6 Å². The predicted molar refractivity (Wildman–Crippen MR) is 170 cm³/mol. The molecule has 0 spiro atoms. The maximum Gasteiger partial charge on any atom is 2.00 e. The average molecular weight is 776 g/mol. The Hall–Kier alpha value is -5.51. The molecule has 0 saturated heterocycles. The van der Waals surface area contributed by atoms with E-state index in [9.17, 15) is 0 Å². The minimum Gasteiger partial charge on any atom is -0.196 e. The molecule has 218 valence electrons. The van der Waals surface area contributed by atoms with Gasteiger partial charge in [0.25, 0.3) is 0 Å². The smallest absolute Gasteiger partial charge is 0.196 e. The molecule has 8 nitrogen and oxygen atoms in total. The van der Waals surface area contributed by atoms with E-state index in [0.717, 1.165) is 34.1 Å². The summed E-state index contributed by atoms with van der Waals surface area (Å²) in [5, 5.41) is 0. The molecule has 2 aliphatic heterocycles. The van der Waals surface area contributed by atoms with Gasteiger partial charge in [-0.1, -0.05) is 53.1 Å². The van der Waals surface area contributed by atoms with E-state index >= 15 is 0 Å². The Balaban J connectivity index is 0.00000312. The van der Waals surface area contributed by atoms with Gasteiger partial charge in [0.1, 0.15) is 14.1 Å². The number of aromatic nitrogens is 4. The zero-order chi connectivity index (χ0) is 30.1. The third-order valence-electron chi connectivity index (χ3n) is 8.68. The van der Waals surface area contributed by atoms with Crippen LogP contribution in [0.5, 0.6) is 0 Å². The van der Waals surface area contributed by atoms with Gasteiger partial charge in [-0.2, -0.15) is 34.2 Å². The summed E-state index contributed by atoms with van der Waals surface area (Å²) < 4.78 is 7.56. The van der Waals surface area contributed by atoms with E-state index < -0.39 is 5.41 Å². The normalized spacial score (nSPS) is 14.6. The second-order valence-corrected chi connectivity index (χ2v) is 11.1. The van der Waals surface area contributed by atoms with Crippen LogP contribution in [0.25, 0.3) is 11.1 Å². The van der Waals surface area contributed by atoms with Crippen molar-refractivity contribution in [1.82, 2.24) is 29.1 Å². The molecular weight excluding hydrogens is 752 g/mol. The molecule has 4 heterocycles. The molecule has 4 aromatic carbocycles. The van der Waals surface area contributed by atoms with Crippen molar-refractivity contribution in [1.29, 1.82) is 0 Å².